The molecule has 0 amide bonds. The van der Waals surface area contributed by atoms with Gasteiger partial charge in [-0.2, -0.15) is 0 Å². The molecule has 0 radical (unpaired) electrons. The summed E-state index contributed by atoms with van der Waals surface area (Å²) in [5, 5.41) is 8.86. The van der Waals surface area contributed by atoms with Gasteiger partial charge in [0, 0.05) is 4.90 Å². The molecule has 0 fully saturated rings. The summed E-state index contributed by atoms with van der Waals surface area (Å²) >= 11 is 1.36. The summed E-state index contributed by atoms with van der Waals surface area (Å²) in [4.78, 5) is 12.4. The van der Waals surface area contributed by atoms with Crippen molar-refractivity contribution in [3.63, 3.8) is 0 Å². The van der Waals surface area contributed by atoms with E-state index in [1.54, 1.807) is 7.11 Å². The van der Waals surface area contributed by atoms with Crippen LogP contribution in [0.15, 0.2) is 59.5 Å². The molecule has 0 aromatic heterocycles. The number of carboxylic acids is 1. The molecule has 2 rings (SSSR count). The Morgan fingerprint density at radius 1 is 1.20 bits per heavy atom. The Balaban J connectivity index is 2.11. The number of thioether (sulfide) groups is 1. The second kappa shape index (κ2) is 7.01. The van der Waals surface area contributed by atoms with Gasteiger partial charge in [0.05, 0.1) is 7.11 Å². The summed E-state index contributed by atoms with van der Waals surface area (Å²) in [7, 11) is 1.60. The zero-order valence-corrected chi connectivity index (χ0v) is 12.0. The summed E-state index contributed by atoms with van der Waals surface area (Å²) in [6.07, 6.45) is 0.464. The van der Waals surface area contributed by atoms with E-state index in [2.05, 4.69) is 0 Å². The number of carbonyl (C=O) groups is 1. The van der Waals surface area contributed by atoms with Gasteiger partial charge < -0.3 is 9.84 Å². The summed E-state index contributed by atoms with van der Waals surface area (Å²) in [6, 6.07) is 17.1. The van der Waals surface area contributed by atoms with Crippen molar-refractivity contribution in [1.82, 2.24) is 0 Å². The number of methoxy groups -OCH3 is 1. The maximum absolute atomic E-state index is 11.4. The lowest BCUT2D eigenvalue weighted by Crippen LogP contribution is -2.19. The number of benzene rings is 2. The van der Waals surface area contributed by atoms with Crippen LogP contribution in [0.5, 0.6) is 5.75 Å². The molecule has 1 N–H and O–H groups in total. The van der Waals surface area contributed by atoms with E-state index in [1.807, 2.05) is 54.6 Å². The van der Waals surface area contributed by atoms with E-state index in [9.17, 15) is 9.90 Å². The van der Waals surface area contributed by atoms with E-state index in [0.29, 0.717) is 6.42 Å². The van der Waals surface area contributed by atoms with Crippen LogP contribution >= 0.6 is 11.8 Å². The van der Waals surface area contributed by atoms with Gasteiger partial charge >= 0.3 is 5.97 Å². The SMILES string of the molecule is COc1cccc(CC(Sc2ccccc2)C(=O)O)c1. The number of ether oxygens (including phenoxy) is 1. The lowest BCUT2D eigenvalue weighted by Gasteiger charge is -2.12. The number of rotatable bonds is 6. The van der Waals surface area contributed by atoms with Gasteiger partial charge in [-0.3, -0.25) is 4.79 Å². The first-order chi connectivity index (χ1) is 9.69. The van der Waals surface area contributed by atoms with Crippen LogP contribution in [0.1, 0.15) is 5.56 Å². The lowest BCUT2D eigenvalue weighted by molar-refractivity contribution is -0.136. The Labute approximate surface area is 122 Å². The molecular weight excluding hydrogens is 272 g/mol. The molecule has 3 nitrogen and oxygen atoms in total. The van der Waals surface area contributed by atoms with Crippen molar-refractivity contribution in [2.75, 3.05) is 7.11 Å². The highest BCUT2D eigenvalue weighted by molar-refractivity contribution is 8.00. The molecule has 1 unspecified atom stereocenters. The zero-order chi connectivity index (χ0) is 14.4. The zero-order valence-electron chi connectivity index (χ0n) is 11.2. The summed E-state index contributed by atoms with van der Waals surface area (Å²) in [5.74, 6) is -0.0574. The normalized spacial score (nSPS) is 11.8. The van der Waals surface area contributed by atoms with E-state index in [4.69, 9.17) is 4.74 Å². The third-order valence-corrected chi connectivity index (χ3v) is 4.05. The Bertz CT molecular complexity index is 569. The minimum absolute atomic E-state index is 0.464. The first kappa shape index (κ1) is 14.5. The Morgan fingerprint density at radius 3 is 2.60 bits per heavy atom. The average Bonchev–Trinajstić information content (AvgIpc) is 2.48. The van der Waals surface area contributed by atoms with Crippen LogP contribution < -0.4 is 4.74 Å². The molecule has 0 aliphatic rings. The minimum atomic E-state index is -0.804. The molecule has 0 aliphatic carbocycles. The fraction of sp³-hybridized carbons (Fsp3) is 0.188. The van der Waals surface area contributed by atoms with Gasteiger partial charge in [-0.15, -0.1) is 11.8 Å². The first-order valence-corrected chi connectivity index (χ1v) is 7.14. The van der Waals surface area contributed by atoms with Crippen LogP contribution in [-0.2, 0) is 11.2 Å². The van der Waals surface area contributed by atoms with Crippen molar-refractivity contribution >= 4 is 17.7 Å². The predicted octanol–water partition coefficient (Wildman–Crippen LogP) is 3.48. The second-order valence-corrected chi connectivity index (χ2v) is 5.59. The van der Waals surface area contributed by atoms with Crippen LogP contribution in [0.25, 0.3) is 0 Å². The van der Waals surface area contributed by atoms with Crippen molar-refractivity contribution in [3.05, 3.63) is 60.2 Å². The molecule has 20 heavy (non-hydrogen) atoms. The number of hydrogen-bond acceptors (Lipinski definition) is 3. The molecule has 0 spiro atoms. The highest BCUT2D eigenvalue weighted by atomic mass is 32.2. The van der Waals surface area contributed by atoms with E-state index in [-0.39, 0.29) is 0 Å². The van der Waals surface area contributed by atoms with Gasteiger partial charge in [-0.05, 0) is 36.2 Å². The molecular formula is C16H16O3S. The molecule has 0 heterocycles. The highest BCUT2D eigenvalue weighted by Gasteiger charge is 2.19. The van der Waals surface area contributed by atoms with Crippen LogP contribution in [0, 0.1) is 0 Å². The molecule has 0 saturated heterocycles. The van der Waals surface area contributed by atoms with Crippen LogP contribution in [0.3, 0.4) is 0 Å². The van der Waals surface area contributed by atoms with Gasteiger partial charge in [-0.25, -0.2) is 0 Å². The van der Waals surface area contributed by atoms with Crippen molar-refractivity contribution < 1.29 is 14.6 Å². The lowest BCUT2D eigenvalue weighted by atomic mass is 10.1. The van der Waals surface area contributed by atoms with Crippen molar-refractivity contribution in [2.45, 2.75) is 16.6 Å². The highest BCUT2D eigenvalue weighted by Crippen LogP contribution is 2.26. The molecule has 1 atom stereocenters. The average molecular weight is 288 g/mol. The van der Waals surface area contributed by atoms with E-state index in [1.165, 1.54) is 11.8 Å². The molecule has 0 bridgehead atoms. The summed E-state index contributed by atoms with van der Waals surface area (Å²) in [6.45, 7) is 0. The van der Waals surface area contributed by atoms with Crippen LogP contribution in [0.2, 0.25) is 0 Å². The summed E-state index contributed by atoms with van der Waals surface area (Å²) < 4.78 is 5.16. The molecule has 2 aromatic rings. The van der Waals surface area contributed by atoms with Crippen molar-refractivity contribution in [2.24, 2.45) is 0 Å². The minimum Gasteiger partial charge on any atom is -0.497 e. The third-order valence-electron chi connectivity index (χ3n) is 2.85. The Morgan fingerprint density at radius 2 is 1.95 bits per heavy atom. The van der Waals surface area contributed by atoms with Gasteiger partial charge in [0.25, 0.3) is 0 Å². The van der Waals surface area contributed by atoms with Crippen LogP contribution in [0.4, 0.5) is 0 Å². The monoisotopic (exact) mass is 288 g/mol. The standard InChI is InChI=1S/C16H16O3S/c1-19-13-7-5-6-12(10-13)11-15(16(17)18)20-14-8-3-2-4-9-14/h2-10,15H,11H2,1H3,(H,17,18). The van der Waals surface area contributed by atoms with Crippen molar-refractivity contribution in [1.29, 1.82) is 0 Å². The quantitative estimate of drug-likeness (QED) is 0.827. The fourth-order valence-electron chi connectivity index (χ4n) is 1.86. The molecule has 2 aromatic carbocycles. The van der Waals surface area contributed by atoms with Gasteiger partial charge in [0.2, 0.25) is 0 Å². The smallest absolute Gasteiger partial charge is 0.317 e. The maximum atomic E-state index is 11.4. The molecule has 104 valence electrons. The van der Waals surface area contributed by atoms with E-state index in [0.717, 1.165) is 16.2 Å². The molecule has 0 saturated carbocycles. The largest absolute Gasteiger partial charge is 0.497 e. The van der Waals surface area contributed by atoms with Gasteiger partial charge in [0.1, 0.15) is 11.0 Å². The topological polar surface area (TPSA) is 46.5 Å². The maximum Gasteiger partial charge on any atom is 0.317 e. The van der Waals surface area contributed by atoms with Gasteiger partial charge in [0.15, 0.2) is 0 Å². The summed E-state index contributed by atoms with van der Waals surface area (Å²) in [5.41, 5.74) is 0.959. The number of aliphatic carboxylic acids is 1. The third kappa shape index (κ3) is 4.03. The Hall–Kier alpha value is -1.94. The number of hydrogen-bond donors (Lipinski definition) is 1. The second-order valence-electron chi connectivity index (χ2n) is 4.31. The Kier molecular flexibility index (Phi) is 5.07. The van der Waals surface area contributed by atoms with E-state index >= 15 is 0 Å². The number of carboxylic acid groups (broad SMARTS) is 1. The predicted molar refractivity (Wildman–Crippen MR) is 80.4 cm³/mol. The van der Waals surface area contributed by atoms with Crippen LogP contribution in [-0.4, -0.2) is 23.4 Å². The molecule has 0 aliphatic heterocycles. The van der Waals surface area contributed by atoms with E-state index < -0.39 is 11.2 Å². The fourth-order valence-corrected chi connectivity index (χ4v) is 2.88. The first-order valence-electron chi connectivity index (χ1n) is 6.26. The van der Waals surface area contributed by atoms with Crippen molar-refractivity contribution in [3.8, 4) is 5.75 Å². The molecule has 4 heteroatoms. The van der Waals surface area contributed by atoms with Gasteiger partial charge in [-0.1, -0.05) is 30.3 Å².